The fraction of sp³-hybridized carbons (Fsp3) is 0.318. The Morgan fingerprint density at radius 2 is 1.77 bits per heavy atom. The van der Waals surface area contributed by atoms with E-state index in [1.54, 1.807) is 7.05 Å². The van der Waals surface area contributed by atoms with Crippen LogP contribution >= 0.6 is 0 Å². The Morgan fingerprint density at radius 3 is 2.35 bits per heavy atom. The van der Waals surface area contributed by atoms with E-state index in [0.717, 1.165) is 22.5 Å². The molecule has 0 aliphatic rings. The van der Waals surface area contributed by atoms with Crippen LogP contribution in [0.25, 0.3) is 0 Å². The van der Waals surface area contributed by atoms with E-state index in [4.69, 9.17) is 0 Å². The Labute approximate surface area is 180 Å². The van der Waals surface area contributed by atoms with Gasteiger partial charge in [-0.2, -0.15) is 13.2 Å². The summed E-state index contributed by atoms with van der Waals surface area (Å²) in [5.41, 5.74) is -0.941. The van der Waals surface area contributed by atoms with E-state index in [2.05, 4.69) is 6.58 Å². The zero-order chi connectivity index (χ0) is 23.4. The second-order valence-electron chi connectivity index (χ2n) is 7.48. The molecule has 0 aromatic heterocycles. The van der Waals surface area contributed by atoms with Crippen LogP contribution in [-0.2, 0) is 16.2 Å². The average Bonchev–Trinajstić information content (AvgIpc) is 2.70. The Bertz CT molecular complexity index is 1050. The number of carbonyl (C=O) groups is 1. The first-order chi connectivity index (χ1) is 14.4. The van der Waals surface area contributed by atoms with Gasteiger partial charge in [-0.05, 0) is 42.3 Å². The monoisotopic (exact) mass is 454 g/mol. The Morgan fingerprint density at radius 1 is 1.13 bits per heavy atom. The van der Waals surface area contributed by atoms with Gasteiger partial charge in [-0.15, -0.1) is 6.58 Å². The van der Waals surface area contributed by atoms with Gasteiger partial charge < -0.3 is 4.90 Å². The van der Waals surface area contributed by atoms with Gasteiger partial charge in [0.15, 0.2) is 0 Å². The normalized spacial score (nSPS) is 12.0. The Hall–Kier alpha value is -2.81. The molecule has 0 fully saturated rings. The highest BCUT2D eigenvalue weighted by Crippen LogP contribution is 2.33. The Balaban J connectivity index is 2.49. The van der Waals surface area contributed by atoms with Gasteiger partial charge in [-0.1, -0.05) is 32.1 Å². The van der Waals surface area contributed by atoms with Crippen molar-refractivity contribution in [3.8, 4) is 0 Å². The van der Waals surface area contributed by atoms with Crippen molar-refractivity contribution in [2.45, 2.75) is 24.9 Å². The van der Waals surface area contributed by atoms with Crippen LogP contribution in [0.5, 0.6) is 0 Å². The molecular formula is C22H25F3N2O3S. The van der Waals surface area contributed by atoms with Crippen molar-refractivity contribution in [1.82, 2.24) is 4.90 Å². The molecule has 0 atom stereocenters. The fourth-order valence-corrected chi connectivity index (χ4v) is 4.54. The molecule has 0 aliphatic heterocycles. The summed E-state index contributed by atoms with van der Waals surface area (Å²) < 4.78 is 66.7. The number of benzene rings is 2. The molecule has 0 bridgehead atoms. The first kappa shape index (κ1) is 24.5. The van der Waals surface area contributed by atoms with E-state index in [-0.39, 0.29) is 34.5 Å². The molecular weight excluding hydrogens is 429 g/mol. The number of nitrogens with zero attached hydrogens (tertiary/aromatic N) is 2. The van der Waals surface area contributed by atoms with Crippen molar-refractivity contribution in [1.29, 1.82) is 0 Å². The number of amides is 1. The molecule has 5 nitrogen and oxygen atoms in total. The molecule has 0 spiro atoms. The number of halogens is 3. The van der Waals surface area contributed by atoms with Gasteiger partial charge in [-0.3, -0.25) is 9.10 Å². The van der Waals surface area contributed by atoms with Gasteiger partial charge in [0.05, 0.1) is 22.7 Å². The minimum Gasteiger partial charge on any atom is -0.341 e. The van der Waals surface area contributed by atoms with Gasteiger partial charge in [-0.25, -0.2) is 8.42 Å². The van der Waals surface area contributed by atoms with Crippen LogP contribution in [0.2, 0.25) is 0 Å². The highest BCUT2D eigenvalue weighted by atomic mass is 32.2. The highest BCUT2D eigenvalue weighted by Gasteiger charge is 2.32. The minimum absolute atomic E-state index is 0.150. The molecule has 2 aromatic rings. The third-order valence-corrected chi connectivity index (χ3v) is 6.20. The molecule has 2 aromatic carbocycles. The fourth-order valence-electron chi connectivity index (χ4n) is 3.06. The van der Waals surface area contributed by atoms with Crippen molar-refractivity contribution in [2.75, 3.05) is 24.4 Å². The molecule has 0 N–H and O–H groups in total. The van der Waals surface area contributed by atoms with E-state index in [0.29, 0.717) is 6.54 Å². The van der Waals surface area contributed by atoms with E-state index < -0.39 is 21.8 Å². The van der Waals surface area contributed by atoms with Crippen LogP contribution in [0.4, 0.5) is 18.9 Å². The summed E-state index contributed by atoms with van der Waals surface area (Å²) in [5.74, 6) is -0.120. The SMILES string of the molecule is C=CCN(c1cccc(C(F)(F)F)c1)S(=O)(=O)c1cccc(C(=O)N(C)CC(C)C)c1. The molecule has 0 radical (unpaired) electrons. The first-order valence-corrected chi connectivity index (χ1v) is 11.0. The van der Waals surface area contributed by atoms with E-state index in [1.807, 2.05) is 13.8 Å². The molecule has 9 heteroatoms. The summed E-state index contributed by atoms with van der Waals surface area (Å²) in [6.45, 7) is 7.66. The van der Waals surface area contributed by atoms with Crippen molar-refractivity contribution in [3.05, 3.63) is 72.3 Å². The second-order valence-corrected chi connectivity index (χ2v) is 9.34. The smallest absolute Gasteiger partial charge is 0.341 e. The lowest BCUT2D eigenvalue weighted by molar-refractivity contribution is -0.137. The van der Waals surface area contributed by atoms with Crippen molar-refractivity contribution in [2.24, 2.45) is 5.92 Å². The van der Waals surface area contributed by atoms with Crippen LogP contribution < -0.4 is 4.31 Å². The average molecular weight is 455 g/mol. The summed E-state index contributed by atoms with van der Waals surface area (Å²) in [6.07, 6.45) is -3.34. The van der Waals surface area contributed by atoms with Crippen LogP contribution in [0.15, 0.2) is 66.1 Å². The number of rotatable bonds is 8. The lowest BCUT2D eigenvalue weighted by Crippen LogP contribution is -2.32. The van der Waals surface area contributed by atoms with Gasteiger partial charge in [0.1, 0.15) is 0 Å². The topological polar surface area (TPSA) is 57.7 Å². The number of hydrogen-bond donors (Lipinski definition) is 0. The molecule has 168 valence electrons. The van der Waals surface area contributed by atoms with E-state index in [1.165, 1.54) is 41.3 Å². The molecule has 1 amide bonds. The van der Waals surface area contributed by atoms with E-state index >= 15 is 0 Å². The van der Waals surface area contributed by atoms with Crippen LogP contribution in [0.1, 0.15) is 29.8 Å². The largest absolute Gasteiger partial charge is 0.416 e. The van der Waals surface area contributed by atoms with Crippen LogP contribution in [0, 0.1) is 5.92 Å². The zero-order valence-corrected chi connectivity index (χ0v) is 18.4. The molecule has 2 rings (SSSR count). The maximum absolute atomic E-state index is 13.3. The summed E-state index contributed by atoms with van der Waals surface area (Å²) in [5, 5.41) is 0. The van der Waals surface area contributed by atoms with Crippen molar-refractivity contribution < 1.29 is 26.4 Å². The second kappa shape index (κ2) is 9.55. The minimum atomic E-state index is -4.62. The van der Waals surface area contributed by atoms with Crippen LogP contribution in [0.3, 0.4) is 0 Å². The van der Waals surface area contributed by atoms with Crippen molar-refractivity contribution in [3.63, 3.8) is 0 Å². The number of carbonyl (C=O) groups excluding carboxylic acids is 1. The predicted molar refractivity (Wildman–Crippen MR) is 114 cm³/mol. The lowest BCUT2D eigenvalue weighted by atomic mass is 10.1. The molecule has 0 heterocycles. The maximum Gasteiger partial charge on any atom is 0.416 e. The lowest BCUT2D eigenvalue weighted by Gasteiger charge is -2.24. The standard InChI is InChI=1S/C22H25F3N2O3S/c1-5-12-27(19-10-7-9-18(14-19)22(23,24)25)31(29,30)20-11-6-8-17(13-20)21(28)26(4)15-16(2)3/h5-11,13-14,16H,1,12,15H2,2-4H3. The van der Waals surface area contributed by atoms with Gasteiger partial charge in [0.2, 0.25) is 0 Å². The number of hydrogen-bond acceptors (Lipinski definition) is 3. The van der Waals surface area contributed by atoms with Crippen molar-refractivity contribution >= 4 is 21.6 Å². The van der Waals surface area contributed by atoms with Gasteiger partial charge in [0.25, 0.3) is 15.9 Å². The summed E-state index contributed by atoms with van der Waals surface area (Å²) in [6, 6.07) is 9.53. The summed E-state index contributed by atoms with van der Waals surface area (Å²) in [4.78, 5) is 13.9. The Kier molecular flexibility index (Phi) is 7.54. The molecule has 0 saturated heterocycles. The molecule has 0 aliphatic carbocycles. The number of anilines is 1. The maximum atomic E-state index is 13.3. The summed E-state index contributed by atoms with van der Waals surface area (Å²) in [7, 11) is -2.64. The molecule has 0 saturated carbocycles. The van der Waals surface area contributed by atoms with Gasteiger partial charge >= 0.3 is 6.18 Å². The van der Waals surface area contributed by atoms with Crippen LogP contribution in [-0.4, -0.2) is 39.4 Å². The third-order valence-electron chi connectivity index (χ3n) is 4.41. The number of sulfonamides is 1. The third kappa shape index (κ3) is 5.88. The highest BCUT2D eigenvalue weighted by molar-refractivity contribution is 7.92. The quantitative estimate of drug-likeness (QED) is 0.538. The molecule has 0 unspecified atom stereocenters. The first-order valence-electron chi connectivity index (χ1n) is 9.54. The number of alkyl halides is 3. The van der Waals surface area contributed by atoms with E-state index in [9.17, 15) is 26.4 Å². The molecule has 31 heavy (non-hydrogen) atoms. The zero-order valence-electron chi connectivity index (χ0n) is 17.6. The summed E-state index contributed by atoms with van der Waals surface area (Å²) >= 11 is 0. The van der Waals surface area contributed by atoms with Gasteiger partial charge in [0, 0.05) is 19.2 Å². The predicted octanol–water partition coefficient (Wildman–Crippen LogP) is 4.81.